The van der Waals surface area contributed by atoms with Crippen LogP contribution in [0.2, 0.25) is 10.0 Å². The lowest BCUT2D eigenvalue weighted by Gasteiger charge is -2.06. The third-order valence-corrected chi connectivity index (χ3v) is 3.77. The van der Waals surface area contributed by atoms with Crippen LogP contribution in [-0.4, -0.2) is 24.8 Å². The van der Waals surface area contributed by atoms with Gasteiger partial charge in [-0.15, -0.1) is 0 Å². The van der Waals surface area contributed by atoms with E-state index in [0.717, 1.165) is 36.7 Å². The Balaban J connectivity index is 2.03. The molecule has 0 aromatic heterocycles. The number of nitrogens with one attached hydrogen (secondary N) is 1. The van der Waals surface area contributed by atoms with Crippen molar-refractivity contribution >= 4 is 34.0 Å². The third kappa shape index (κ3) is 4.08. The number of fused-ring (bicyclic) bond motifs is 1. The lowest BCUT2D eigenvalue weighted by Crippen LogP contribution is -2.19. The molecule has 0 saturated carbocycles. The second-order valence-electron chi connectivity index (χ2n) is 4.52. The molecule has 2 rings (SSSR count). The van der Waals surface area contributed by atoms with Crippen molar-refractivity contribution in [2.45, 2.75) is 12.8 Å². The van der Waals surface area contributed by atoms with Crippen molar-refractivity contribution in [3.8, 4) is 0 Å². The summed E-state index contributed by atoms with van der Waals surface area (Å²) >= 11 is 12.0. The molecule has 4 heteroatoms. The molecule has 19 heavy (non-hydrogen) atoms. The van der Waals surface area contributed by atoms with E-state index >= 15 is 0 Å². The summed E-state index contributed by atoms with van der Waals surface area (Å²) in [6, 6.07) is 10.1. The van der Waals surface area contributed by atoms with E-state index in [9.17, 15) is 0 Å². The average Bonchev–Trinajstić information content (AvgIpc) is 2.40. The number of rotatable bonds is 6. The Hall–Kier alpha value is -0.800. The smallest absolute Gasteiger partial charge is 0.0598 e. The van der Waals surface area contributed by atoms with Crippen LogP contribution in [0.5, 0.6) is 0 Å². The van der Waals surface area contributed by atoms with Gasteiger partial charge in [0.2, 0.25) is 0 Å². The summed E-state index contributed by atoms with van der Waals surface area (Å²) < 4.78 is 0. The molecule has 0 aliphatic heterocycles. The van der Waals surface area contributed by atoms with Crippen molar-refractivity contribution in [1.82, 2.24) is 5.32 Å². The Morgan fingerprint density at radius 1 is 0.947 bits per heavy atom. The van der Waals surface area contributed by atoms with Crippen molar-refractivity contribution < 1.29 is 5.11 Å². The van der Waals surface area contributed by atoms with Gasteiger partial charge in [0.15, 0.2) is 0 Å². The van der Waals surface area contributed by atoms with E-state index in [1.54, 1.807) is 0 Å². The normalized spacial score (nSPS) is 11.1. The second-order valence-corrected chi connectivity index (χ2v) is 5.34. The Morgan fingerprint density at radius 2 is 1.68 bits per heavy atom. The van der Waals surface area contributed by atoms with Crippen molar-refractivity contribution in [2.24, 2.45) is 0 Å². The fourth-order valence-corrected chi connectivity index (χ4v) is 2.35. The van der Waals surface area contributed by atoms with Gasteiger partial charge >= 0.3 is 0 Å². The first-order valence-electron chi connectivity index (χ1n) is 6.40. The van der Waals surface area contributed by atoms with Crippen molar-refractivity contribution in [1.29, 1.82) is 0 Å². The van der Waals surface area contributed by atoms with Gasteiger partial charge in [-0.25, -0.2) is 0 Å². The summed E-state index contributed by atoms with van der Waals surface area (Å²) in [5.41, 5.74) is 1.27. The monoisotopic (exact) mass is 297 g/mol. The van der Waals surface area contributed by atoms with Crippen LogP contribution in [0.3, 0.4) is 0 Å². The Kier molecular flexibility index (Phi) is 5.46. The lowest BCUT2D eigenvalue weighted by molar-refractivity contribution is 0.286. The van der Waals surface area contributed by atoms with Gasteiger partial charge in [0.05, 0.1) is 10.0 Å². The maximum atomic E-state index is 8.69. The molecule has 0 aliphatic carbocycles. The van der Waals surface area contributed by atoms with Crippen LogP contribution >= 0.6 is 23.2 Å². The minimum absolute atomic E-state index is 0.238. The van der Waals surface area contributed by atoms with Crippen LogP contribution in [0.1, 0.15) is 12.0 Å². The molecular formula is C15H17Cl2NO. The van der Waals surface area contributed by atoms with Crippen LogP contribution in [0, 0.1) is 0 Å². The summed E-state index contributed by atoms with van der Waals surface area (Å²) in [7, 11) is 0. The standard InChI is InChI=1S/C15H17Cl2NO/c16-14-9-12-3-2-11(4-6-18-5-1-7-19)8-13(12)10-15(14)17/h2-3,8-10,18-19H,1,4-7H2. The van der Waals surface area contributed by atoms with Gasteiger partial charge in [-0.05, 0) is 54.4 Å². The Labute approximate surface area is 123 Å². The molecule has 0 fully saturated rings. The Morgan fingerprint density at radius 3 is 2.42 bits per heavy atom. The molecule has 0 atom stereocenters. The number of halogens is 2. The molecule has 0 spiro atoms. The largest absolute Gasteiger partial charge is 0.396 e. The zero-order valence-corrected chi connectivity index (χ0v) is 12.1. The summed E-state index contributed by atoms with van der Waals surface area (Å²) in [6.45, 7) is 2.00. The number of aliphatic hydroxyl groups excluding tert-OH is 1. The Bertz CT molecular complexity index is 557. The third-order valence-electron chi connectivity index (χ3n) is 3.05. The van der Waals surface area contributed by atoms with Gasteiger partial charge in [-0.3, -0.25) is 0 Å². The van der Waals surface area contributed by atoms with E-state index in [1.807, 2.05) is 12.1 Å². The minimum Gasteiger partial charge on any atom is -0.396 e. The average molecular weight is 298 g/mol. The van der Waals surface area contributed by atoms with Crippen LogP contribution in [0.4, 0.5) is 0 Å². The maximum absolute atomic E-state index is 8.69. The molecule has 2 aromatic carbocycles. The second kappa shape index (κ2) is 7.11. The zero-order chi connectivity index (χ0) is 13.7. The molecule has 0 aliphatic rings. The quantitative estimate of drug-likeness (QED) is 0.798. The highest BCUT2D eigenvalue weighted by Crippen LogP contribution is 2.28. The van der Waals surface area contributed by atoms with E-state index in [-0.39, 0.29) is 6.61 Å². The highest BCUT2D eigenvalue weighted by atomic mass is 35.5. The number of hydrogen-bond acceptors (Lipinski definition) is 2. The molecule has 0 bridgehead atoms. The fourth-order valence-electron chi connectivity index (χ4n) is 2.01. The fraction of sp³-hybridized carbons (Fsp3) is 0.333. The van der Waals surface area contributed by atoms with Crippen molar-refractivity contribution in [2.75, 3.05) is 19.7 Å². The van der Waals surface area contributed by atoms with Gasteiger partial charge in [-0.2, -0.15) is 0 Å². The van der Waals surface area contributed by atoms with Crippen LogP contribution in [0.15, 0.2) is 30.3 Å². The zero-order valence-electron chi connectivity index (χ0n) is 10.6. The van der Waals surface area contributed by atoms with Gasteiger partial charge < -0.3 is 10.4 Å². The highest BCUT2D eigenvalue weighted by molar-refractivity contribution is 6.42. The van der Waals surface area contributed by atoms with Gasteiger partial charge in [-0.1, -0.05) is 41.4 Å². The van der Waals surface area contributed by atoms with Crippen molar-refractivity contribution in [3.63, 3.8) is 0 Å². The van der Waals surface area contributed by atoms with E-state index in [0.29, 0.717) is 10.0 Å². The highest BCUT2D eigenvalue weighted by Gasteiger charge is 2.02. The maximum Gasteiger partial charge on any atom is 0.0598 e. The molecular weight excluding hydrogens is 281 g/mol. The van der Waals surface area contributed by atoms with Gasteiger partial charge in [0.25, 0.3) is 0 Å². The van der Waals surface area contributed by atoms with Gasteiger partial charge in [0.1, 0.15) is 0 Å². The van der Waals surface area contributed by atoms with E-state index in [2.05, 4.69) is 23.5 Å². The molecule has 2 N–H and O–H groups in total. The molecule has 2 aromatic rings. The van der Waals surface area contributed by atoms with E-state index in [4.69, 9.17) is 28.3 Å². The molecule has 102 valence electrons. The van der Waals surface area contributed by atoms with Gasteiger partial charge in [0, 0.05) is 6.61 Å². The number of benzene rings is 2. The van der Waals surface area contributed by atoms with Crippen LogP contribution < -0.4 is 5.32 Å². The molecule has 0 radical (unpaired) electrons. The predicted molar refractivity (Wildman–Crippen MR) is 82.2 cm³/mol. The van der Waals surface area contributed by atoms with Crippen LogP contribution in [-0.2, 0) is 6.42 Å². The van der Waals surface area contributed by atoms with E-state index in [1.165, 1.54) is 5.56 Å². The molecule has 0 amide bonds. The summed E-state index contributed by atoms with van der Waals surface area (Å²) in [6.07, 6.45) is 1.76. The molecule has 0 unspecified atom stereocenters. The first-order valence-corrected chi connectivity index (χ1v) is 7.15. The first-order chi connectivity index (χ1) is 9.20. The SMILES string of the molecule is OCCCNCCc1ccc2cc(Cl)c(Cl)cc2c1. The summed E-state index contributed by atoms with van der Waals surface area (Å²) in [4.78, 5) is 0. The lowest BCUT2D eigenvalue weighted by atomic mass is 10.1. The number of aliphatic hydroxyl groups is 1. The van der Waals surface area contributed by atoms with E-state index < -0.39 is 0 Å². The summed E-state index contributed by atoms with van der Waals surface area (Å²) in [5.74, 6) is 0. The first kappa shape index (κ1) is 14.6. The predicted octanol–water partition coefficient (Wildman–Crippen LogP) is 3.66. The molecule has 0 heterocycles. The molecule has 0 saturated heterocycles. The minimum atomic E-state index is 0.238. The van der Waals surface area contributed by atoms with Crippen LogP contribution in [0.25, 0.3) is 10.8 Å². The topological polar surface area (TPSA) is 32.3 Å². The number of hydrogen-bond donors (Lipinski definition) is 2. The van der Waals surface area contributed by atoms with Crippen molar-refractivity contribution in [3.05, 3.63) is 45.9 Å². The summed E-state index contributed by atoms with van der Waals surface area (Å²) in [5, 5.41) is 15.4. The molecule has 2 nitrogen and oxygen atoms in total.